The maximum Gasteiger partial charge on any atom is 0.0729 e. The standard InChI is InChI=1S/C14H18N2/c1-16-13-10-6-5-9-12(13)14(15-16)11-7-3-2-4-8-11/h2-4,7-8,12-13H,5-6,9-10H2,1H3. The molecule has 0 bridgehead atoms. The van der Waals surface area contributed by atoms with Gasteiger partial charge in [-0.1, -0.05) is 43.2 Å². The van der Waals surface area contributed by atoms with Crippen LogP contribution in [0.1, 0.15) is 31.2 Å². The molecule has 0 spiro atoms. The third-order valence-electron chi connectivity index (χ3n) is 3.90. The van der Waals surface area contributed by atoms with Gasteiger partial charge in [0, 0.05) is 13.0 Å². The van der Waals surface area contributed by atoms with E-state index in [0.29, 0.717) is 12.0 Å². The summed E-state index contributed by atoms with van der Waals surface area (Å²) in [5, 5.41) is 6.94. The van der Waals surface area contributed by atoms with Gasteiger partial charge in [-0.15, -0.1) is 0 Å². The quantitative estimate of drug-likeness (QED) is 0.702. The summed E-state index contributed by atoms with van der Waals surface area (Å²) in [7, 11) is 2.12. The number of rotatable bonds is 1. The first-order valence-electron chi connectivity index (χ1n) is 6.23. The van der Waals surface area contributed by atoms with Gasteiger partial charge in [-0.2, -0.15) is 5.10 Å². The molecule has 0 saturated heterocycles. The Balaban J connectivity index is 1.93. The van der Waals surface area contributed by atoms with E-state index >= 15 is 0 Å². The van der Waals surface area contributed by atoms with Gasteiger partial charge in [-0.25, -0.2) is 0 Å². The molecule has 1 aromatic rings. The van der Waals surface area contributed by atoms with Gasteiger partial charge in [-0.3, -0.25) is 5.01 Å². The van der Waals surface area contributed by atoms with Crippen LogP contribution >= 0.6 is 0 Å². The van der Waals surface area contributed by atoms with Crippen LogP contribution in [0, 0.1) is 5.92 Å². The Kier molecular flexibility index (Phi) is 2.43. The predicted molar refractivity (Wildman–Crippen MR) is 66.5 cm³/mol. The van der Waals surface area contributed by atoms with Gasteiger partial charge in [-0.05, 0) is 18.4 Å². The van der Waals surface area contributed by atoms with Crippen molar-refractivity contribution in [2.24, 2.45) is 11.0 Å². The van der Waals surface area contributed by atoms with Gasteiger partial charge in [0.25, 0.3) is 0 Å². The lowest BCUT2D eigenvalue weighted by molar-refractivity contribution is 0.198. The van der Waals surface area contributed by atoms with Crippen molar-refractivity contribution in [3.63, 3.8) is 0 Å². The number of fused-ring (bicyclic) bond motifs is 1. The third-order valence-corrected chi connectivity index (χ3v) is 3.90. The van der Waals surface area contributed by atoms with E-state index in [9.17, 15) is 0 Å². The van der Waals surface area contributed by atoms with Gasteiger partial charge in [0.2, 0.25) is 0 Å². The molecule has 0 N–H and O–H groups in total. The Morgan fingerprint density at radius 2 is 1.88 bits per heavy atom. The molecule has 16 heavy (non-hydrogen) atoms. The summed E-state index contributed by atoms with van der Waals surface area (Å²) < 4.78 is 0. The molecule has 2 atom stereocenters. The molecule has 1 aliphatic heterocycles. The van der Waals surface area contributed by atoms with Gasteiger partial charge in [0.1, 0.15) is 0 Å². The lowest BCUT2D eigenvalue weighted by atomic mass is 9.80. The average molecular weight is 214 g/mol. The molecule has 2 aliphatic rings. The molecule has 0 amide bonds. The molecule has 2 nitrogen and oxygen atoms in total. The Bertz CT molecular complexity index is 396. The fourth-order valence-corrected chi connectivity index (χ4v) is 3.08. The second-order valence-electron chi connectivity index (χ2n) is 4.88. The van der Waals surface area contributed by atoms with Crippen LogP contribution in [0.25, 0.3) is 0 Å². The monoisotopic (exact) mass is 214 g/mol. The summed E-state index contributed by atoms with van der Waals surface area (Å²) in [6.45, 7) is 0. The minimum Gasteiger partial charge on any atom is -0.296 e. The summed E-state index contributed by atoms with van der Waals surface area (Å²) in [5.74, 6) is 0.668. The largest absolute Gasteiger partial charge is 0.296 e. The summed E-state index contributed by atoms with van der Waals surface area (Å²) in [5.41, 5.74) is 2.62. The molecular weight excluding hydrogens is 196 g/mol. The maximum absolute atomic E-state index is 4.75. The Hall–Kier alpha value is -1.31. The van der Waals surface area contributed by atoms with Gasteiger partial charge in [0.15, 0.2) is 0 Å². The van der Waals surface area contributed by atoms with Crippen LogP contribution < -0.4 is 0 Å². The first-order chi connectivity index (χ1) is 7.86. The highest BCUT2D eigenvalue weighted by atomic mass is 15.5. The van der Waals surface area contributed by atoms with E-state index in [1.54, 1.807) is 0 Å². The number of hydrogen-bond donors (Lipinski definition) is 0. The third kappa shape index (κ3) is 1.53. The molecule has 2 heteroatoms. The van der Waals surface area contributed by atoms with Crippen LogP contribution in [0.2, 0.25) is 0 Å². The molecule has 1 aromatic carbocycles. The normalized spacial score (nSPS) is 28.8. The predicted octanol–water partition coefficient (Wildman–Crippen LogP) is 2.89. The van der Waals surface area contributed by atoms with Crippen molar-refractivity contribution in [2.75, 3.05) is 7.05 Å². The fourth-order valence-electron chi connectivity index (χ4n) is 3.08. The zero-order valence-electron chi connectivity index (χ0n) is 9.76. The van der Waals surface area contributed by atoms with E-state index in [2.05, 4.69) is 42.4 Å². The van der Waals surface area contributed by atoms with Crippen molar-refractivity contribution in [1.29, 1.82) is 0 Å². The highest BCUT2D eigenvalue weighted by Gasteiger charge is 2.37. The van der Waals surface area contributed by atoms with Crippen LogP contribution in [0.3, 0.4) is 0 Å². The van der Waals surface area contributed by atoms with Crippen LogP contribution in [0.4, 0.5) is 0 Å². The van der Waals surface area contributed by atoms with E-state index in [0.717, 1.165) is 0 Å². The van der Waals surface area contributed by atoms with Crippen molar-refractivity contribution < 1.29 is 0 Å². The topological polar surface area (TPSA) is 15.6 Å². The van der Waals surface area contributed by atoms with Crippen molar-refractivity contribution >= 4 is 5.71 Å². The van der Waals surface area contributed by atoms with Crippen LogP contribution in [-0.4, -0.2) is 23.8 Å². The lowest BCUT2D eigenvalue weighted by Crippen LogP contribution is -2.33. The molecule has 1 heterocycles. The number of hydrogen-bond acceptors (Lipinski definition) is 2. The summed E-state index contributed by atoms with van der Waals surface area (Å²) >= 11 is 0. The van der Waals surface area contributed by atoms with Crippen LogP contribution in [0.15, 0.2) is 35.4 Å². The highest BCUT2D eigenvalue weighted by molar-refractivity contribution is 6.03. The zero-order chi connectivity index (χ0) is 11.0. The first-order valence-corrected chi connectivity index (χ1v) is 6.23. The summed E-state index contributed by atoms with van der Waals surface area (Å²) in [6.07, 6.45) is 5.34. The smallest absolute Gasteiger partial charge is 0.0729 e. The average Bonchev–Trinajstić information content (AvgIpc) is 2.69. The number of benzene rings is 1. The molecule has 0 aromatic heterocycles. The summed E-state index contributed by atoms with van der Waals surface area (Å²) in [6, 6.07) is 11.3. The second kappa shape index (κ2) is 3.93. The second-order valence-corrected chi connectivity index (χ2v) is 4.88. The lowest BCUT2D eigenvalue weighted by Gasteiger charge is -2.29. The van der Waals surface area contributed by atoms with Crippen LogP contribution in [0.5, 0.6) is 0 Å². The number of nitrogens with zero attached hydrogens (tertiary/aromatic N) is 2. The molecule has 1 fully saturated rings. The van der Waals surface area contributed by atoms with E-state index in [4.69, 9.17) is 5.10 Å². The van der Waals surface area contributed by atoms with Crippen LogP contribution in [-0.2, 0) is 0 Å². The van der Waals surface area contributed by atoms with Gasteiger partial charge in [0.05, 0.1) is 11.8 Å². The minimum absolute atomic E-state index is 0.656. The van der Waals surface area contributed by atoms with Gasteiger partial charge < -0.3 is 0 Å². The van der Waals surface area contributed by atoms with E-state index < -0.39 is 0 Å². The fraction of sp³-hybridized carbons (Fsp3) is 0.500. The molecule has 0 radical (unpaired) electrons. The summed E-state index contributed by atoms with van der Waals surface area (Å²) in [4.78, 5) is 0. The molecular formula is C14H18N2. The zero-order valence-corrected chi connectivity index (χ0v) is 9.76. The maximum atomic E-state index is 4.75. The Morgan fingerprint density at radius 3 is 2.69 bits per heavy atom. The molecule has 84 valence electrons. The van der Waals surface area contributed by atoms with Crippen molar-refractivity contribution in [3.05, 3.63) is 35.9 Å². The number of hydrazone groups is 1. The van der Waals surface area contributed by atoms with Crippen molar-refractivity contribution in [1.82, 2.24) is 5.01 Å². The first kappa shape index (κ1) is 9.88. The Labute approximate surface area is 97.0 Å². The highest BCUT2D eigenvalue weighted by Crippen LogP contribution is 2.35. The molecule has 1 aliphatic carbocycles. The minimum atomic E-state index is 0.656. The van der Waals surface area contributed by atoms with E-state index in [-0.39, 0.29) is 0 Å². The van der Waals surface area contributed by atoms with E-state index in [1.165, 1.54) is 37.0 Å². The van der Waals surface area contributed by atoms with Gasteiger partial charge >= 0.3 is 0 Å². The molecule has 2 unspecified atom stereocenters. The molecule has 3 rings (SSSR count). The van der Waals surface area contributed by atoms with Crippen molar-refractivity contribution in [3.8, 4) is 0 Å². The van der Waals surface area contributed by atoms with Crippen molar-refractivity contribution in [2.45, 2.75) is 31.7 Å². The van der Waals surface area contributed by atoms with E-state index in [1.807, 2.05) is 0 Å². The Morgan fingerprint density at radius 1 is 1.12 bits per heavy atom. The molecule has 1 saturated carbocycles. The SMILES string of the molecule is CN1N=C(c2ccccc2)C2CCCCC21.